The van der Waals surface area contributed by atoms with Crippen LogP contribution >= 0.6 is 0 Å². The summed E-state index contributed by atoms with van der Waals surface area (Å²) in [5.74, 6) is -2.48. The number of aliphatic carboxylic acids is 1. The number of carboxylic acids is 1. The maximum Gasteiger partial charge on any atom is 0.333 e. The minimum absolute atomic E-state index is 0.0465. The highest BCUT2D eigenvalue weighted by molar-refractivity contribution is 5.87. The summed E-state index contributed by atoms with van der Waals surface area (Å²) >= 11 is 0. The summed E-state index contributed by atoms with van der Waals surface area (Å²) in [5.41, 5.74) is 1.02. The third-order valence-corrected chi connectivity index (χ3v) is 2.99. The predicted molar refractivity (Wildman–Crippen MR) is 150 cm³/mol. The third-order valence-electron chi connectivity index (χ3n) is 2.99. The van der Waals surface area contributed by atoms with E-state index < -0.39 is 11.9 Å². The van der Waals surface area contributed by atoms with Crippen LogP contribution in [0.4, 0.5) is 0 Å². The Morgan fingerprint density at radius 2 is 1.15 bits per heavy atom. The Labute approximate surface area is 231 Å². The van der Waals surface area contributed by atoms with E-state index in [0.717, 1.165) is 18.9 Å². The average molecular weight is 557 g/mol. The van der Waals surface area contributed by atoms with Gasteiger partial charge in [-0.2, -0.15) is 0 Å². The number of methoxy groups -OCH3 is 1. The maximum atomic E-state index is 10.5. The van der Waals surface area contributed by atoms with E-state index in [1.165, 1.54) is 26.2 Å². The second-order valence-electron chi connectivity index (χ2n) is 6.85. The van der Waals surface area contributed by atoms with Gasteiger partial charge in [-0.25, -0.2) is 24.0 Å². The van der Waals surface area contributed by atoms with Gasteiger partial charge < -0.3 is 29.2 Å². The molecule has 0 rings (SSSR count). The molecule has 0 aliphatic rings. The highest BCUT2D eigenvalue weighted by Gasteiger charge is 1.99. The van der Waals surface area contributed by atoms with E-state index in [2.05, 4.69) is 58.4 Å². The van der Waals surface area contributed by atoms with Crippen LogP contribution in [0.3, 0.4) is 0 Å². The molecule has 0 radical (unpaired) electrons. The lowest BCUT2D eigenvalue weighted by Crippen LogP contribution is -2.04. The Morgan fingerprint density at radius 1 is 0.744 bits per heavy atom. The van der Waals surface area contributed by atoms with Crippen molar-refractivity contribution in [3.8, 4) is 0 Å². The van der Waals surface area contributed by atoms with Gasteiger partial charge in [0.2, 0.25) is 0 Å². The molecule has 222 valence electrons. The molecule has 0 fully saturated rings. The molecular weight excluding hydrogens is 512 g/mol. The standard InChI is InChI=1S/C7H10O2.C7H12O2.C5H8O3.C5H8O2.C4H6O2/c1-4-5-9-7(8)6(2)3;1-3-5-6-9-7(8)4-2;1-2-5(7)8-4-3-6;1-4(2)5(6)7-3;1-3(2)4(5)6/h4H,1-2,5H2,3H3;4H,2-3,5-6H2,1H3;2,6H,1,3-4H2;1H2,2-3H3;1H2,2H3,(H,5,6). The lowest BCUT2D eigenvalue weighted by atomic mass is 10.4. The molecule has 0 heterocycles. The second kappa shape index (κ2) is 33.8. The molecule has 11 heteroatoms. The summed E-state index contributed by atoms with van der Waals surface area (Å²) in [6.07, 6.45) is 5.72. The van der Waals surface area contributed by atoms with Crippen molar-refractivity contribution in [2.24, 2.45) is 0 Å². The van der Waals surface area contributed by atoms with Crippen LogP contribution in [0, 0.1) is 0 Å². The van der Waals surface area contributed by atoms with Crippen molar-refractivity contribution < 1.29 is 53.1 Å². The Hall–Kier alpha value is -4.25. The van der Waals surface area contributed by atoms with Crippen molar-refractivity contribution in [3.63, 3.8) is 0 Å². The topological polar surface area (TPSA) is 163 Å². The second-order valence-corrected chi connectivity index (χ2v) is 6.85. The van der Waals surface area contributed by atoms with E-state index >= 15 is 0 Å². The summed E-state index contributed by atoms with van der Waals surface area (Å²) in [5, 5.41) is 16.0. The van der Waals surface area contributed by atoms with Crippen LogP contribution in [-0.2, 0) is 42.9 Å². The number of esters is 4. The molecule has 0 bridgehead atoms. The summed E-state index contributed by atoms with van der Waals surface area (Å²) < 4.78 is 17.9. The van der Waals surface area contributed by atoms with Crippen LogP contribution in [0.25, 0.3) is 0 Å². The molecule has 0 spiro atoms. The molecule has 0 atom stereocenters. The van der Waals surface area contributed by atoms with E-state index in [1.807, 2.05) is 6.92 Å². The fourth-order valence-corrected chi connectivity index (χ4v) is 1.01. The summed E-state index contributed by atoms with van der Waals surface area (Å²) in [7, 11) is 1.33. The third kappa shape index (κ3) is 47.5. The lowest BCUT2D eigenvalue weighted by Gasteiger charge is -1.97. The number of carbonyl (C=O) groups is 5. The quantitative estimate of drug-likeness (QED) is 0.118. The first-order valence-corrected chi connectivity index (χ1v) is 11.4. The highest BCUT2D eigenvalue weighted by Crippen LogP contribution is 1.91. The average Bonchev–Trinajstić information content (AvgIpc) is 2.90. The molecule has 0 aromatic heterocycles. The maximum absolute atomic E-state index is 10.5. The zero-order chi connectivity index (χ0) is 31.8. The molecule has 0 saturated carbocycles. The van der Waals surface area contributed by atoms with Crippen molar-refractivity contribution in [2.75, 3.05) is 33.5 Å². The number of ether oxygens (including phenoxy) is 4. The number of aliphatic hydroxyl groups excluding tert-OH is 1. The number of rotatable bonds is 12. The monoisotopic (exact) mass is 556 g/mol. The summed E-state index contributed by atoms with van der Waals surface area (Å²) in [6, 6.07) is 0. The first-order valence-electron chi connectivity index (χ1n) is 11.4. The first-order chi connectivity index (χ1) is 18.1. The Bertz CT molecular complexity index is 796. The molecule has 0 aliphatic carbocycles. The van der Waals surface area contributed by atoms with Gasteiger partial charge in [0.05, 0.1) is 20.3 Å². The van der Waals surface area contributed by atoms with Crippen LogP contribution in [0.5, 0.6) is 0 Å². The van der Waals surface area contributed by atoms with Gasteiger partial charge in [-0.1, -0.05) is 58.9 Å². The molecule has 0 saturated heterocycles. The minimum atomic E-state index is -0.935. The molecule has 2 N–H and O–H groups in total. The van der Waals surface area contributed by atoms with Gasteiger partial charge in [-0.3, -0.25) is 0 Å². The van der Waals surface area contributed by atoms with E-state index in [1.54, 1.807) is 13.8 Å². The summed E-state index contributed by atoms with van der Waals surface area (Å²) in [4.78, 5) is 50.8. The molecule has 39 heavy (non-hydrogen) atoms. The van der Waals surface area contributed by atoms with Crippen LogP contribution in [0.15, 0.2) is 74.4 Å². The molecule has 11 nitrogen and oxygen atoms in total. The molecule has 0 aromatic carbocycles. The van der Waals surface area contributed by atoms with Gasteiger partial charge in [0.15, 0.2) is 0 Å². The Balaban J connectivity index is -0.000000124. The normalized spacial score (nSPS) is 8.05. The number of carbonyl (C=O) groups excluding carboxylic acids is 4. The number of hydrogen-bond acceptors (Lipinski definition) is 10. The van der Waals surface area contributed by atoms with Gasteiger partial charge in [0.25, 0.3) is 0 Å². The molecule has 0 amide bonds. The smallest absolute Gasteiger partial charge is 0.333 e. The lowest BCUT2D eigenvalue weighted by molar-refractivity contribution is -0.139. The fraction of sp³-hybridized carbons (Fsp3) is 0.393. The fourth-order valence-electron chi connectivity index (χ4n) is 1.01. The van der Waals surface area contributed by atoms with E-state index in [4.69, 9.17) is 10.2 Å². The van der Waals surface area contributed by atoms with Gasteiger partial charge >= 0.3 is 29.8 Å². The van der Waals surface area contributed by atoms with Gasteiger partial charge in [-0.05, 0) is 27.2 Å². The summed E-state index contributed by atoms with van der Waals surface area (Å²) in [6.45, 7) is 27.1. The Kier molecular flexibility index (Phi) is 38.7. The molecule has 0 unspecified atom stereocenters. The minimum Gasteiger partial charge on any atom is -0.478 e. The van der Waals surface area contributed by atoms with Crippen molar-refractivity contribution >= 4 is 29.8 Å². The predicted octanol–water partition coefficient (Wildman–Crippen LogP) is 3.90. The SMILES string of the molecule is C=C(C)C(=O)O.C=C(C)C(=O)OC.C=CC(=O)OCCCC.C=CC(=O)OCCO.C=CCOC(=O)C(=C)C. The van der Waals surface area contributed by atoms with Gasteiger partial charge in [0.1, 0.15) is 13.2 Å². The number of carboxylic acid groups (broad SMARTS) is 1. The number of aliphatic hydroxyl groups is 1. The van der Waals surface area contributed by atoms with Crippen LogP contribution in [0.2, 0.25) is 0 Å². The largest absolute Gasteiger partial charge is 0.478 e. The number of hydrogen-bond donors (Lipinski definition) is 2. The first kappa shape index (κ1) is 44.7. The van der Waals surface area contributed by atoms with Gasteiger partial charge in [0, 0.05) is 28.9 Å². The zero-order valence-corrected chi connectivity index (χ0v) is 23.8. The van der Waals surface area contributed by atoms with E-state index in [-0.39, 0.29) is 43.3 Å². The van der Waals surface area contributed by atoms with E-state index in [0.29, 0.717) is 17.8 Å². The Morgan fingerprint density at radius 3 is 1.38 bits per heavy atom. The van der Waals surface area contributed by atoms with Crippen molar-refractivity contribution in [2.45, 2.75) is 40.5 Å². The van der Waals surface area contributed by atoms with Crippen molar-refractivity contribution in [1.82, 2.24) is 0 Å². The van der Waals surface area contributed by atoms with Crippen LogP contribution in [0.1, 0.15) is 40.5 Å². The van der Waals surface area contributed by atoms with Crippen molar-refractivity contribution in [1.29, 1.82) is 0 Å². The molecule has 0 aliphatic heterocycles. The van der Waals surface area contributed by atoms with Crippen LogP contribution < -0.4 is 0 Å². The van der Waals surface area contributed by atoms with Crippen LogP contribution in [-0.4, -0.2) is 73.6 Å². The molecule has 0 aromatic rings. The number of unbranched alkanes of at least 4 members (excludes halogenated alkanes) is 1. The molecular formula is C28H44O11. The van der Waals surface area contributed by atoms with Crippen molar-refractivity contribution in [3.05, 3.63) is 74.4 Å². The van der Waals surface area contributed by atoms with Gasteiger partial charge in [-0.15, -0.1) is 0 Å². The van der Waals surface area contributed by atoms with E-state index in [9.17, 15) is 24.0 Å². The zero-order valence-electron chi connectivity index (χ0n) is 23.8. The highest BCUT2D eigenvalue weighted by atomic mass is 16.5.